The zero-order valence-corrected chi connectivity index (χ0v) is 14.4. The maximum absolute atomic E-state index is 10.4. The molecular formula is C18H34O5. The van der Waals surface area contributed by atoms with Crippen LogP contribution < -0.4 is 0 Å². The molecule has 4 N–H and O–H groups in total. The molecule has 0 fully saturated rings. The van der Waals surface area contributed by atoms with Gasteiger partial charge in [-0.25, -0.2) is 0 Å². The first-order valence-electron chi connectivity index (χ1n) is 8.90. The fourth-order valence-corrected chi connectivity index (χ4v) is 2.40. The van der Waals surface area contributed by atoms with Crippen molar-refractivity contribution in [1.82, 2.24) is 0 Å². The number of carbonyl (C=O) groups is 1. The van der Waals surface area contributed by atoms with Gasteiger partial charge in [0.2, 0.25) is 0 Å². The van der Waals surface area contributed by atoms with Gasteiger partial charge in [-0.15, -0.1) is 0 Å². The van der Waals surface area contributed by atoms with Crippen molar-refractivity contribution in [3.05, 3.63) is 12.2 Å². The highest BCUT2D eigenvalue weighted by Crippen LogP contribution is 2.11. The molecule has 0 unspecified atom stereocenters. The number of unbranched alkanes of at least 4 members (excludes halogenated alkanes) is 4. The average Bonchev–Trinajstić information content (AvgIpc) is 2.50. The second kappa shape index (κ2) is 14.7. The molecule has 0 aromatic carbocycles. The van der Waals surface area contributed by atoms with Gasteiger partial charge in [0.1, 0.15) is 0 Å². The summed E-state index contributed by atoms with van der Waals surface area (Å²) < 4.78 is 0. The Morgan fingerprint density at radius 2 is 1.43 bits per heavy atom. The van der Waals surface area contributed by atoms with Crippen LogP contribution in [0.25, 0.3) is 0 Å². The third-order valence-corrected chi connectivity index (χ3v) is 3.88. The SMILES string of the molecule is CCCCCCC[C@H](O)/C=C\[C@@H](O)CC[C@H](O)CCCC(=O)O. The first-order valence-corrected chi connectivity index (χ1v) is 8.90. The molecule has 0 heterocycles. The molecule has 5 heteroatoms. The molecule has 0 saturated heterocycles. The number of rotatable bonds is 15. The summed E-state index contributed by atoms with van der Waals surface area (Å²) in [6.07, 6.45) is 9.68. The van der Waals surface area contributed by atoms with E-state index in [1.807, 2.05) is 0 Å². The third kappa shape index (κ3) is 15.8. The monoisotopic (exact) mass is 330 g/mol. The minimum Gasteiger partial charge on any atom is -0.481 e. The highest BCUT2D eigenvalue weighted by Gasteiger charge is 2.09. The first-order chi connectivity index (χ1) is 11.0. The molecule has 0 bridgehead atoms. The van der Waals surface area contributed by atoms with Crippen LogP contribution in [-0.4, -0.2) is 44.7 Å². The van der Waals surface area contributed by atoms with Gasteiger partial charge in [-0.3, -0.25) is 4.79 Å². The molecule has 0 aliphatic heterocycles. The quantitative estimate of drug-likeness (QED) is 0.273. The van der Waals surface area contributed by atoms with Gasteiger partial charge in [0.15, 0.2) is 0 Å². The summed E-state index contributed by atoms with van der Waals surface area (Å²) in [5.41, 5.74) is 0. The highest BCUT2D eigenvalue weighted by atomic mass is 16.4. The molecule has 5 nitrogen and oxygen atoms in total. The molecule has 136 valence electrons. The van der Waals surface area contributed by atoms with Crippen LogP contribution in [0.2, 0.25) is 0 Å². The van der Waals surface area contributed by atoms with E-state index in [4.69, 9.17) is 5.11 Å². The van der Waals surface area contributed by atoms with E-state index in [0.717, 1.165) is 12.8 Å². The molecule has 0 aromatic rings. The molecule has 3 atom stereocenters. The summed E-state index contributed by atoms with van der Waals surface area (Å²) >= 11 is 0. The van der Waals surface area contributed by atoms with Crippen LogP contribution >= 0.6 is 0 Å². The van der Waals surface area contributed by atoms with Crippen molar-refractivity contribution in [3.8, 4) is 0 Å². The van der Waals surface area contributed by atoms with Crippen molar-refractivity contribution >= 4 is 5.97 Å². The Bertz CT molecular complexity index is 317. The lowest BCUT2D eigenvalue weighted by Crippen LogP contribution is -2.13. The van der Waals surface area contributed by atoms with E-state index in [1.165, 1.54) is 19.3 Å². The van der Waals surface area contributed by atoms with Crippen LogP contribution in [0.15, 0.2) is 12.2 Å². The van der Waals surface area contributed by atoms with Gasteiger partial charge in [-0.1, -0.05) is 51.2 Å². The number of carboxylic acid groups (broad SMARTS) is 1. The Kier molecular flexibility index (Phi) is 14.1. The van der Waals surface area contributed by atoms with E-state index >= 15 is 0 Å². The molecular weight excluding hydrogens is 296 g/mol. The van der Waals surface area contributed by atoms with Crippen molar-refractivity contribution in [1.29, 1.82) is 0 Å². The van der Waals surface area contributed by atoms with Crippen molar-refractivity contribution in [3.63, 3.8) is 0 Å². The topological polar surface area (TPSA) is 98.0 Å². The average molecular weight is 330 g/mol. The molecule has 0 spiro atoms. The Balaban J connectivity index is 3.69. The highest BCUT2D eigenvalue weighted by molar-refractivity contribution is 5.66. The van der Waals surface area contributed by atoms with Crippen molar-refractivity contribution in [2.75, 3.05) is 0 Å². The smallest absolute Gasteiger partial charge is 0.303 e. The number of aliphatic carboxylic acids is 1. The van der Waals surface area contributed by atoms with Crippen LogP contribution in [0.5, 0.6) is 0 Å². The molecule has 0 saturated carbocycles. The van der Waals surface area contributed by atoms with Gasteiger partial charge in [0, 0.05) is 6.42 Å². The Morgan fingerprint density at radius 3 is 2.04 bits per heavy atom. The van der Waals surface area contributed by atoms with Gasteiger partial charge in [-0.05, 0) is 32.1 Å². The summed E-state index contributed by atoms with van der Waals surface area (Å²) in [5.74, 6) is -0.858. The number of hydrogen-bond acceptors (Lipinski definition) is 4. The summed E-state index contributed by atoms with van der Waals surface area (Å²) in [6.45, 7) is 2.17. The zero-order valence-electron chi connectivity index (χ0n) is 14.4. The van der Waals surface area contributed by atoms with Crippen molar-refractivity contribution in [2.45, 2.75) is 95.9 Å². The first kappa shape index (κ1) is 22.1. The molecule has 0 rings (SSSR count). The molecule has 0 amide bonds. The lowest BCUT2D eigenvalue weighted by Gasteiger charge is -2.12. The lowest BCUT2D eigenvalue weighted by atomic mass is 10.0. The van der Waals surface area contributed by atoms with E-state index in [-0.39, 0.29) is 6.42 Å². The number of carboxylic acids is 1. The van der Waals surface area contributed by atoms with Gasteiger partial charge >= 0.3 is 5.97 Å². The van der Waals surface area contributed by atoms with Crippen LogP contribution in [0.1, 0.15) is 77.6 Å². The van der Waals surface area contributed by atoms with Crippen LogP contribution in [0.3, 0.4) is 0 Å². The fourth-order valence-electron chi connectivity index (χ4n) is 2.40. The lowest BCUT2D eigenvalue weighted by molar-refractivity contribution is -0.137. The minimum absolute atomic E-state index is 0.0595. The van der Waals surface area contributed by atoms with E-state index in [1.54, 1.807) is 12.2 Å². The van der Waals surface area contributed by atoms with Crippen molar-refractivity contribution < 1.29 is 25.2 Å². The number of aliphatic hydroxyl groups excluding tert-OH is 3. The van der Waals surface area contributed by atoms with Crippen LogP contribution in [-0.2, 0) is 4.79 Å². The second-order valence-corrected chi connectivity index (χ2v) is 6.24. The molecule has 0 aromatic heterocycles. The third-order valence-electron chi connectivity index (χ3n) is 3.88. The Labute approximate surface area is 140 Å². The van der Waals surface area contributed by atoms with Gasteiger partial charge < -0.3 is 20.4 Å². The molecule has 0 radical (unpaired) electrons. The molecule has 0 aliphatic rings. The maximum Gasteiger partial charge on any atom is 0.303 e. The number of aliphatic hydroxyl groups is 3. The number of hydrogen-bond donors (Lipinski definition) is 4. The Hall–Kier alpha value is -0.910. The van der Waals surface area contributed by atoms with Gasteiger partial charge in [-0.2, -0.15) is 0 Å². The summed E-state index contributed by atoms with van der Waals surface area (Å²) in [6, 6.07) is 0. The second-order valence-electron chi connectivity index (χ2n) is 6.24. The van der Waals surface area contributed by atoms with Crippen molar-refractivity contribution in [2.24, 2.45) is 0 Å². The Morgan fingerprint density at radius 1 is 0.826 bits per heavy atom. The normalized spacial score (nSPS) is 15.7. The summed E-state index contributed by atoms with van der Waals surface area (Å²) in [7, 11) is 0. The maximum atomic E-state index is 10.4. The van der Waals surface area contributed by atoms with Crippen LogP contribution in [0, 0.1) is 0 Å². The summed E-state index contributed by atoms with van der Waals surface area (Å²) in [5, 5.41) is 37.8. The summed E-state index contributed by atoms with van der Waals surface area (Å²) in [4.78, 5) is 10.4. The van der Waals surface area contributed by atoms with E-state index in [0.29, 0.717) is 32.1 Å². The molecule has 0 aliphatic carbocycles. The van der Waals surface area contributed by atoms with E-state index < -0.39 is 24.3 Å². The van der Waals surface area contributed by atoms with E-state index in [2.05, 4.69) is 6.92 Å². The molecule has 23 heavy (non-hydrogen) atoms. The minimum atomic E-state index is -0.858. The zero-order chi connectivity index (χ0) is 17.5. The fraction of sp³-hybridized carbons (Fsp3) is 0.833. The van der Waals surface area contributed by atoms with Gasteiger partial charge in [0.25, 0.3) is 0 Å². The predicted octanol–water partition coefficient (Wildman–Crippen LogP) is 3.02. The standard InChI is InChI=1S/C18H34O5/c1-2-3-4-5-6-8-15(19)11-13-17(21)14-12-16(20)9-7-10-18(22)23/h11,13,15-17,19-21H,2-10,12,14H2,1H3,(H,22,23)/b13-11-/t15-,16+,17+/m0/s1. The van der Waals surface area contributed by atoms with E-state index in [9.17, 15) is 20.1 Å². The van der Waals surface area contributed by atoms with Gasteiger partial charge in [0.05, 0.1) is 18.3 Å². The van der Waals surface area contributed by atoms with Crippen LogP contribution in [0.4, 0.5) is 0 Å². The largest absolute Gasteiger partial charge is 0.481 e. The predicted molar refractivity (Wildman–Crippen MR) is 91.3 cm³/mol.